The molecular formula is C31H28. The summed E-state index contributed by atoms with van der Waals surface area (Å²) in [6.07, 6.45) is 2.58. The summed E-state index contributed by atoms with van der Waals surface area (Å²) in [7, 11) is 0. The summed E-state index contributed by atoms with van der Waals surface area (Å²) in [5.41, 5.74) is 10.9. The number of benzene rings is 3. The first kappa shape index (κ1) is 17.8. The molecule has 0 bridgehead atoms. The minimum Gasteiger partial charge on any atom is -0.0684 e. The lowest BCUT2D eigenvalue weighted by Gasteiger charge is -2.41. The summed E-state index contributed by atoms with van der Waals surface area (Å²) in [5, 5.41) is 5.82. The van der Waals surface area contributed by atoms with Gasteiger partial charge >= 0.3 is 0 Å². The normalized spacial score (nSPS) is 24.9. The first-order valence-corrected chi connectivity index (χ1v) is 11.6. The van der Waals surface area contributed by atoms with Crippen molar-refractivity contribution in [1.82, 2.24) is 0 Å². The van der Waals surface area contributed by atoms with Gasteiger partial charge in [-0.3, -0.25) is 0 Å². The molecule has 2 unspecified atom stereocenters. The molecule has 0 spiro atoms. The van der Waals surface area contributed by atoms with Crippen LogP contribution in [0.2, 0.25) is 0 Å². The molecule has 3 aromatic rings. The molecule has 0 aliphatic heterocycles. The van der Waals surface area contributed by atoms with Crippen LogP contribution in [-0.4, -0.2) is 0 Å². The van der Waals surface area contributed by atoms with Gasteiger partial charge < -0.3 is 0 Å². The van der Waals surface area contributed by atoms with Crippen molar-refractivity contribution in [3.05, 3.63) is 104 Å². The van der Waals surface area contributed by atoms with E-state index in [2.05, 4.69) is 101 Å². The lowest BCUT2D eigenvalue weighted by atomic mass is 9.61. The van der Waals surface area contributed by atoms with Crippen LogP contribution >= 0.6 is 0 Å². The van der Waals surface area contributed by atoms with E-state index in [-0.39, 0.29) is 10.8 Å². The zero-order chi connectivity index (χ0) is 21.3. The second kappa shape index (κ2) is 5.30. The Balaban J connectivity index is 1.80. The molecule has 0 aromatic heterocycles. The maximum Gasteiger partial charge on any atom is 0.0158 e. The van der Waals surface area contributed by atoms with Crippen molar-refractivity contribution < 1.29 is 0 Å². The van der Waals surface area contributed by atoms with Gasteiger partial charge in [-0.05, 0) is 72.2 Å². The first-order valence-electron chi connectivity index (χ1n) is 11.6. The summed E-state index contributed by atoms with van der Waals surface area (Å²) < 4.78 is 0. The molecular weight excluding hydrogens is 372 g/mol. The number of hydrogen-bond acceptors (Lipinski definition) is 0. The van der Waals surface area contributed by atoms with Crippen molar-refractivity contribution in [2.45, 2.75) is 45.4 Å². The van der Waals surface area contributed by atoms with Crippen LogP contribution in [0.3, 0.4) is 0 Å². The van der Waals surface area contributed by atoms with Crippen molar-refractivity contribution >= 4 is 22.8 Å². The van der Waals surface area contributed by atoms with E-state index in [9.17, 15) is 0 Å². The molecule has 4 aliphatic carbocycles. The van der Waals surface area contributed by atoms with Gasteiger partial charge in [-0.15, -0.1) is 0 Å². The fourth-order valence-electron chi connectivity index (χ4n) is 7.53. The number of rotatable bonds is 0. The summed E-state index contributed by atoms with van der Waals surface area (Å²) in [4.78, 5) is 0. The van der Waals surface area contributed by atoms with Crippen molar-refractivity contribution in [3.63, 3.8) is 0 Å². The minimum atomic E-state index is 0.0166. The lowest BCUT2D eigenvalue weighted by Crippen LogP contribution is -2.50. The number of hydrogen-bond donors (Lipinski definition) is 0. The molecule has 2 atom stereocenters. The maximum absolute atomic E-state index is 2.58. The summed E-state index contributed by atoms with van der Waals surface area (Å²) in [6, 6.07) is 23.1. The van der Waals surface area contributed by atoms with Crippen LogP contribution in [0.15, 0.2) is 60.7 Å². The van der Waals surface area contributed by atoms with Crippen molar-refractivity contribution in [2.75, 3.05) is 0 Å². The maximum atomic E-state index is 2.58. The summed E-state index contributed by atoms with van der Waals surface area (Å²) >= 11 is 0. The second-order valence-corrected chi connectivity index (χ2v) is 11.0. The van der Waals surface area contributed by atoms with Crippen LogP contribution in [0.25, 0.3) is 22.8 Å². The molecule has 31 heavy (non-hydrogen) atoms. The topological polar surface area (TPSA) is 0 Å². The van der Waals surface area contributed by atoms with Gasteiger partial charge in [0, 0.05) is 17.3 Å². The van der Waals surface area contributed by atoms with Crippen molar-refractivity contribution in [1.29, 1.82) is 0 Å². The monoisotopic (exact) mass is 400 g/mol. The molecule has 152 valence electrons. The molecule has 0 heteroatoms. The quantitative estimate of drug-likeness (QED) is 0.537. The fraction of sp³-hybridized carbons (Fsp3) is 0.290. The van der Waals surface area contributed by atoms with Gasteiger partial charge in [0.15, 0.2) is 0 Å². The van der Waals surface area contributed by atoms with E-state index in [4.69, 9.17) is 0 Å². The largest absolute Gasteiger partial charge is 0.0684 e. The van der Waals surface area contributed by atoms with E-state index in [1.54, 1.807) is 27.5 Å². The smallest absolute Gasteiger partial charge is 0.0158 e. The minimum absolute atomic E-state index is 0.0166. The van der Waals surface area contributed by atoms with E-state index < -0.39 is 0 Å². The van der Waals surface area contributed by atoms with Gasteiger partial charge in [0.05, 0.1) is 0 Å². The van der Waals surface area contributed by atoms with E-state index in [0.717, 1.165) is 0 Å². The third-order valence-electron chi connectivity index (χ3n) is 8.91. The van der Waals surface area contributed by atoms with Gasteiger partial charge in [-0.25, -0.2) is 0 Å². The van der Waals surface area contributed by atoms with Gasteiger partial charge in [0.25, 0.3) is 0 Å². The third-order valence-corrected chi connectivity index (χ3v) is 8.91. The van der Waals surface area contributed by atoms with Gasteiger partial charge in [0.1, 0.15) is 0 Å². The summed E-state index contributed by atoms with van der Waals surface area (Å²) in [6.45, 7) is 12.2. The van der Waals surface area contributed by atoms with Crippen LogP contribution in [0.1, 0.15) is 56.9 Å². The van der Waals surface area contributed by atoms with Crippen molar-refractivity contribution in [3.8, 4) is 0 Å². The highest BCUT2D eigenvalue weighted by Gasteiger charge is 2.53. The molecule has 0 saturated heterocycles. The molecule has 0 N–H and O–H groups in total. The van der Waals surface area contributed by atoms with E-state index in [1.165, 1.54) is 32.4 Å². The summed E-state index contributed by atoms with van der Waals surface area (Å²) in [5.74, 6) is 0.899. The van der Waals surface area contributed by atoms with Crippen LogP contribution in [0.4, 0.5) is 0 Å². The highest BCUT2D eigenvalue weighted by Crippen LogP contribution is 2.59. The fourth-order valence-corrected chi connectivity index (χ4v) is 7.53. The molecule has 0 fully saturated rings. The zero-order valence-electron chi connectivity index (χ0n) is 19.0. The Morgan fingerprint density at radius 1 is 0.677 bits per heavy atom. The highest BCUT2D eigenvalue weighted by molar-refractivity contribution is 5.98. The Labute approximate surface area is 184 Å². The Morgan fingerprint density at radius 3 is 2.19 bits per heavy atom. The molecule has 0 heterocycles. The van der Waals surface area contributed by atoms with E-state index in [1.807, 2.05) is 0 Å². The predicted molar refractivity (Wildman–Crippen MR) is 129 cm³/mol. The highest BCUT2D eigenvalue weighted by atomic mass is 14.6. The van der Waals surface area contributed by atoms with Crippen LogP contribution in [0.5, 0.6) is 0 Å². The molecule has 4 aliphatic rings. The molecule has 7 rings (SSSR count). The van der Waals surface area contributed by atoms with Gasteiger partial charge in [-0.1, -0.05) is 94.4 Å². The number of fused-ring (bicyclic) bond motifs is 3. The third kappa shape index (κ3) is 1.86. The Morgan fingerprint density at radius 2 is 1.35 bits per heavy atom. The SMILES string of the molecule is CC1=c2ccccc2=CC2C1=c1cccc3c1=C1c4c(cccc4C(C)(C)C12)C3(C)C. The Hall–Kier alpha value is -2.86. The van der Waals surface area contributed by atoms with Crippen LogP contribution in [0, 0.1) is 11.8 Å². The Bertz CT molecular complexity index is 1590. The standard InChI is InChI=1S/C31H28/c1-17-19-11-7-6-10-18(19)16-21-25(17)20-12-8-13-22-26(20)28-27-23(30(22,2)3)14-9-15-24(27)31(4,5)29(21)28/h6-16,21,29H,1-5H3. The average Bonchev–Trinajstić information content (AvgIpc) is 3.00. The van der Waals surface area contributed by atoms with E-state index >= 15 is 0 Å². The van der Waals surface area contributed by atoms with Crippen LogP contribution in [-0.2, 0) is 10.8 Å². The first-order chi connectivity index (χ1) is 14.8. The molecule has 0 saturated carbocycles. The van der Waals surface area contributed by atoms with Gasteiger partial charge in [0.2, 0.25) is 0 Å². The van der Waals surface area contributed by atoms with Crippen molar-refractivity contribution in [2.24, 2.45) is 11.8 Å². The average molecular weight is 401 g/mol. The zero-order valence-corrected chi connectivity index (χ0v) is 19.0. The molecule has 3 aromatic carbocycles. The second-order valence-electron chi connectivity index (χ2n) is 11.0. The molecule has 0 radical (unpaired) electrons. The Kier molecular flexibility index (Phi) is 3.04. The van der Waals surface area contributed by atoms with Gasteiger partial charge in [-0.2, -0.15) is 0 Å². The molecule has 0 amide bonds. The lowest BCUT2D eigenvalue weighted by molar-refractivity contribution is 0.381. The van der Waals surface area contributed by atoms with E-state index in [0.29, 0.717) is 11.8 Å². The molecule has 0 nitrogen and oxygen atoms in total. The van der Waals surface area contributed by atoms with Crippen LogP contribution < -0.4 is 20.9 Å². The predicted octanol–water partition coefficient (Wildman–Crippen LogP) is 3.88.